The molecule has 3 nitrogen and oxygen atoms in total. The summed E-state index contributed by atoms with van der Waals surface area (Å²) < 4.78 is 13.7. The molecule has 1 heterocycles. The van der Waals surface area contributed by atoms with E-state index < -0.39 is 5.82 Å². The zero-order valence-electron chi connectivity index (χ0n) is 10.2. The quantitative estimate of drug-likeness (QED) is 0.921. The van der Waals surface area contributed by atoms with Gasteiger partial charge < -0.3 is 5.32 Å². The van der Waals surface area contributed by atoms with Gasteiger partial charge in [-0.05, 0) is 36.2 Å². The van der Waals surface area contributed by atoms with Crippen molar-refractivity contribution in [2.45, 2.75) is 13.3 Å². The van der Waals surface area contributed by atoms with Crippen molar-refractivity contribution in [1.82, 2.24) is 4.98 Å². The molecule has 19 heavy (non-hydrogen) atoms. The van der Waals surface area contributed by atoms with Crippen LogP contribution in [0.1, 0.15) is 11.1 Å². The molecule has 0 bridgehead atoms. The van der Waals surface area contributed by atoms with Crippen LogP contribution in [0.3, 0.4) is 0 Å². The average Bonchev–Trinajstić information content (AvgIpc) is 2.37. The molecule has 0 aliphatic rings. The molecule has 2 aromatic rings. The lowest BCUT2D eigenvalue weighted by Crippen LogP contribution is -1.99. The van der Waals surface area contributed by atoms with Crippen molar-refractivity contribution in [2.75, 3.05) is 5.32 Å². The summed E-state index contributed by atoms with van der Waals surface area (Å²) in [6, 6.07) is 6.49. The summed E-state index contributed by atoms with van der Waals surface area (Å²) in [5.41, 5.74) is 2.70. The van der Waals surface area contributed by atoms with Crippen molar-refractivity contribution in [1.29, 1.82) is 5.26 Å². The molecule has 0 unspecified atom stereocenters. The summed E-state index contributed by atoms with van der Waals surface area (Å²) in [4.78, 5) is 4.05. The van der Waals surface area contributed by atoms with Gasteiger partial charge >= 0.3 is 0 Å². The highest BCUT2D eigenvalue weighted by atomic mass is 35.5. The normalized spacial score (nSPS) is 10.0. The molecular weight excluding hydrogens is 265 g/mol. The molecule has 0 radical (unpaired) electrons. The number of aromatic nitrogens is 1. The van der Waals surface area contributed by atoms with Crippen LogP contribution in [0.15, 0.2) is 30.6 Å². The molecule has 0 amide bonds. The first-order valence-corrected chi connectivity index (χ1v) is 6.02. The number of benzene rings is 1. The molecule has 0 saturated heterocycles. The first-order valence-electron chi connectivity index (χ1n) is 5.64. The van der Waals surface area contributed by atoms with Crippen LogP contribution >= 0.6 is 11.6 Å². The zero-order valence-corrected chi connectivity index (χ0v) is 11.0. The maximum atomic E-state index is 13.7. The Morgan fingerprint density at radius 1 is 1.37 bits per heavy atom. The second-order valence-corrected chi connectivity index (χ2v) is 4.49. The zero-order chi connectivity index (χ0) is 13.8. The van der Waals surface area contributed by atoms with Gasteiger partial charge in [0.2, 0.25) is 0 Å². The van der Waals surface area contributed by atoms with Crippen LogP contribution in [0.25, 0.3) is 0 Å². The molecule has 96 valence electrons. The number of halogens is 2. The van der Waals surface area contributed by atoms with E-state index in [0.717, 1.165) is 11.1 Å². The van der Waals surface area contributed by atoms with E-state index in [-0.39, 0.29) is 6.42 Å². The van der Waals surface area contributed by atoms with Gasteiger partial charge in [0.15, 0.2) is 0 Å². The topological polar surface area (TPSA) is 48.7 Å². The third-order valence-corrected chi connectivity index (χ3v) is 3.02. The van der Waals surface area contributed by atoms with Gasteiger partial charge in [0.05, 0.1) is 30.1 Å². The van der Waals surface area contributed by atoms with Gasteiger partial charge in [-0.1, -0.05) is 11.6 Å². The number of rotatable bonds is 3. The van der Waals surface area contributed by atoms with Crippen molar-refractivity contribution >= 4 is 23.0 Å². The molecule has 1 aromatic carbocycles. The maximum Gasteiger partial charge on any atom is 0.148 e. The SMILES string of the molecule is Cc1c(CC#N)cncc1Nc1ccc(Cl)cc1F. The molecule has 0 saturated carbocycles. The van der Waals surface area contributed by atoms with Crippen molar-refractivity contribution in [2.24, 2.45) is 0 Å². The summed E-state index contributed by atoms with van der Waals surface area (Å²) in [5.74, 6) is -0.433. The highest BCUT2D eigenvalue weighted by molar-refractivity contribution is 6.30. The summed E-state index contributed by atoms with van der Waals surface area (Å²) in [7, 11) is 0. The van der Waals surface area contributed by atoms with Crippen molar-refractivity contribution in [3.05, 3.63) is 52.6 Å². The summed E-state index contributed by atoms with van der Waals surface area (Å²) >= 11 is 5.70. The number of nitrogens with one attached hydrogen (secondary N) is 1. The minimum Gasteiger partial charge on any atom is -0.352 e. The Morgan fingerprint density at radius 3 is 2.84 bits per heavy atom. The Bertz CT molecular complexity index is 650. The molecule has 0 fully saturated rings. The average molecular weight is 276 g/mol. The van der Waals surface area contributed by atoms with Gasteiger partial charge in [-0.2, -0.15) is 5.26 Å². The van der Waals surface area contributed by atoms with Crippen LogP contribution in [0.4, 0.5) is 15.8 Å². The lowest BCUT2D eigenvalue weighted by Gasteiger charge is -2.12. The fraction of sp³-hybridized carbons (Fsp3) is 0.143. The van der Waals surface area contributed by atoms with E-state index in [2.05, 4.69) is 16.4 Å². The fourth-order valence-corrected chi connectivity index (χ4v) is 1.85. The van der Waals surface area contributed by atoms with Gasteiger partial charge in [-0.3, -0.25) is 4.98 Å². The summed E-state index contributed by atoms with van der Waals surface area (Å²) in [6.07, 6.45) is 3.52. The third-order valence-electron chi connectivity index (χ3n) is 2.79. The second kappa shape index (κ2) is 5.68. The molecule has 0 spiro atoms. The van der Waals surface area contributed by atoms with Crippen molar-refractivity contribution < 1.29 is 4.39 Å². The molecule has 1 aromatic heterocycles. The van der Waals surface area contributed by atoms with E-state index in [4.69, 9.17) is 16.9 Å². The van der Waals surface area contributed by atoms with E-state index in [9.17, 15) is 4.39 Å². The highest BCUT2D eigenvalue weighted by Gasteiger charge is 2.08. The Labute approximate surface area is 115 Å². The monoisotopic (exact) mass is 275 g/mol. The molecule has 0 aliphatic heterocycles. The third kappa shape index (κ3) is 3.01. The Morgan fingerprint density at radius 2 is 2.16 bits per heavy atom. The van der Waals surface area contributed by atoms with E-state index in [0.29, 0.717) is 16.4 Å². The largest absolute Gasteiger partial charge is 0.352 e. The van der Waals surface area contributed by atoms with E-state index in [1.807, 2.05) is 6.92 Å². The van der Waals surface area contributed by atoms with Crippen molar-refractivity contribution in [3.63, 3.8) is 0 Å². The highest BCUT2D eigenvalue weighted by Crippen LogP contribution is 2.25. The smallest absolute Gasteiger partial charge is 0.148 e. The predicted molar refractivity (Wildman–Crippen MR) is 73.0 cm³/mol. The van der Waals surface area contributed by atoms with Gasteiger partial charge in [-0.15, -0.1) is 0 Å². The minimum atomic E-state index is -0.433. The lowest BCUT2D eigenvalue weighted by molar-refractivity contribution is 0.632. The number of hydrogen-bond donors (Lipinski definition) is 1. The van der Waals surface area contributed by atoms with Crippen LogP contribution in [-0.4, -0.2) is 4.98 Å². The van der Waals surface area contributed by atoms with Gasteiger partial charge in [0.1, 0.15) is 5.82 Å². The number of nitriles is 1. The molecule has 5 heteroatoms. The van der Waals surface area contributed by atoms with Crippen molar-refractivity contribution in [3.8, 4) is 6.07 Å². The maximum absolute atomic E-state index is 13.7. The van der Waals surface area contributed by atoms with Crippen LogP contribution in [0.2, 0.25) is 5.02 Å². The number of anilines is 2. The summed E-state index contributed by atoms with van der Waals surface area (Å²) in [5, 5.41) is 12.0. The first-order chi connectivity index (χ1) is 9.11. The second-order valence-electron chi connectivity index (χ2n) is 4.06. The molecule has 0 atom stereocenters. The Balaban J connectivity index is 2.33. The molecule has 0 aliphatic carbocycles. The van der Waals surface area contributed by atoms with Gasteiger partial charge in [0, 0.05) is 11.2 Å². The number of hydrogen-bond acceptors (Lipinski definition) is 3. The minimum absolute atomic E-state index is 0.275. The van der Waals surface area contributed by atoms with Crippen LogP contribution in [0.5, 0.6) is 0 Å². The Kier molecular flexibility index (Phi) is 3.98. The van der Waals surface area contributed by atoms with Gasteiger partial charge in [-0.25, -0.2) is 4.39 Å². The van der Waals surface area contributed by atoms with Crippen LogP contribution < -0.4 is 5.32 Å². The van der Waals surface area contributed by atoms with Gasteiger partial charge in [0.25, 0.3) is 0 Å². The predicted octanol–water partition coefficient (Wildman–Crippen LogP) is 3.99. The first kappa shape index (κ1) is 13.3. The van der Waals surface area contributed by atoms with E-state index >= 15 is 0 Å². The van der Waals surface area contributed by atoms with Crippen LogP contribution in [-0.2, 0) is 6.42 Å². The Hall–Kier alpha value is -2.12. The molecular formula is C14H11ClFN3. The fourth-order valence-electron chi connectivity index (χ4n) is 1.69. The molecule has 2 rings (SSSR count). The van der Waals surface area contributed by atoms with E-state index in [1.54, 1.807) is 24.5 Å². The summed E-state index contributed by atoms with van der Waals surface area (Å²) in [6.45, 7) is 1.87. The van der Waals surface area contributed by atoms with E-state index in [1.165, 1.54) is 6.07 Å². The number of pyridine rings is 1. The number of nitrogens with zero attached hydrogens (tertiary/aromatic N) is 2. The standard InChI is InChI=1S/C14H11ClFN3/c1-9-10(4-5-17)7-18-8-14(9)19-13-3-2-11(15)6-12(13)16/h2-3,6-8,19H,4H2,1H3. The lowest BCUT2D eigenvalue weighted by atomic mass is 10.1. The van der Waals surface area contributed by atoms with Crippen LogP contribution in [0, 0.1) is 24.1 Å². The molecule has 1 N–H and O–H groups in total.